The molecule has 2 atom stereocenters. The van der Waals surface area contributed by atoms with Crippen LogP contribution in [0.1, 0.15) is 109 Å². The topological polar surface area (TPSA) is 8.17 Å². The molecule has 2 heterocycles. The van der Waals surface area contributed by atoms with E-state index >= 15 is 0 Å². The summed E-state index contributed by atoms with van der Waals surface area (Å²) in [6, 6.07) is 34.9. The molecule has 6 aliphatic rings. The Bertz CT molecular complexity index is 2490. The van der Waals surface area contributed by atoms with Crippen LogP contribution in [0, 0.1) is 0 Å². The summed E-state index contributed by atoms with van der Waals surface area (Å²) in [6.07, 6.45) is 26.1. The molecule has 0 fully saturated rings. The van der Waals surface area contributed by atoms with Gasteiger partial charge in [0.05, 0.1) is 0 Å². The molecule has 2 unspecified atom stereocenters. The standard InChI is InChI=1S/C51H46N2/c1-51(2)45-17-9-6-14-39(45)42-32-38(26-27-46(42)51)53-48-19-11-8-16-41(48)44-31-36(23-29-50(44)53)35-22-28-49-43(30-35)40-15-7-10-18-47(40)52(49)37-24-20-34(21-25-37)33-12-4-3-5-13-33/h4,6-10,12,14-18,20-22,24-28,31-33,43H,3,5,11,13,19,23,29-30H2,1-2H3. The molecule has 0 radical (unpaired) electrons. The number of hydrogen-bond donors (Lipinski definition) is 0. The lowest BCUT2D eigenvalue weighted by Gasteiger charge is -2.28. The summed E-state index contributed by atoms with van der Waals surface area (Å²) >= 11 is 0. The highest BCUT2D eigenvalue weighted by atomic mass is 15.2. The molecule has 2 nitrogen and oxygen atoms in total. The van der Waals surface area contributed by atoms with E-state index in [4.69, 9.17) is 0 Å². The van der Waals surface area contributed by atoms with Crippen molar-refractivity contribution in [3.05, 3.63) is 183 Å². The van der Waals surface area contributed by atoms with E-state index in [1.165, 1.54) is 109 Å². The number of nitrogens with zero attached hydrogens (tertiary/aromatic N) is 2. The Labute approximate surface area is 314 Å². The zero-order valence-corrected chi connectivity index (χ0v) is 30.9. The molecule has 5 aromatic rings. The molecular formula is C51H46N2. The van der Waals surface area contributed by atoms with Gasteiger partial charge in [0.15, 0.2) is 0 Å². The molecule has 11 rings (SSSR count). The quantitative estimate of drug-likeness (QED) is 0.171. The zero-order chi connectivity index (χ0) is 35.3. The molecule has 2 heteroatoms. The van der Waals surface area contributed by atoms with Gasteiger partial charge in [-0.1, -0.05) is 105 Å². The average molecular weight is 687 g/mol. The van der Waals surface area contributed by atoms with Crippen molar-refractivity contribution in [2.75, 3.05) is 4.90 Å². The van der Waals surface area contributed by atoms with Gasteiger partial charge >= 0.3 is 0 Å². The van der Waals surface area contributed by atoms with Gasteiger partial charge in [-0.3, -0.25) is 0 Å². The molecule has 4 aromatic carbocycles. The Balaban J connectivity index is 0.961. The highest BCUT2D eigenvalue weighted by Crippen LogP contribution is 2.54. The first kappa shape index (κ1) is 31.2. The van der Waals surface area contributed by atoms with Crippen molar-refractivity contribution in [3.8, 4) is 16.8 Å². The number of benzene rings is 4. The maximum atomic E-state index is 2.64. The molecule has 1 aromatic heterocycles. The highest BCUT2D eigenvalue weighted by molar-refractivity contribution is 5.84. The van der Waals surface area contributed by atoms with E-state index < -0.39 is 0 Å². The van der Waals surface area contributed by atoms with Crippen LogP contribution in [0.4, 0.5) is 11.4 Å². The second kappa shape index (κ2) is 11.8. The first-order valence-electron chi connectivity index (χ1n) is 20.0. The molecular weight excluding hydrogens is 641 g/mol. The normalized spacial score (nSPS) is 21.5. The second-order valence-corrected chi connectivity index (χ2v) is 16.6. The minimum absolute atomic E-state index is 0.0240. The van der Waals surface area contributed by atoms with Crippen LogP contribution >= 0.6 is 0 Å². The number of para-hydroxylation sites is 1. The zero-order valence-electron chi connectivity index (χ0n) is 30.9. The van der Waals surface area contributed by atoms with Crippen molar-refractivity contribution in [2.45, 2.75) is 82.5 Å². The second-order valence-electron chi connectivity index (χ2n) is 16.6. The highest BCUT2D eigenvalue weighted by Gasteiger charge is 2.38. The summed E-state index contributed by atoms with van der Waals surface area (Å²) in [4.78, 5) is 2.53. The third-order valence-corrected chi connectivity index (χ3v) is 13.4. The Hall–Kier alpha value is -5.34. The number of fused-ring (bicyclic) bond motifs is 9. The van der Waals surface area contributed by atoms with Gasteiger partial charge in [0, 0.05) is 62.5 Å². The Morgan fingerprint density at radius 1 is 0.679 bits per heavy atom. The van der Waals surface area contributed by atoms with Crippen LogP contribution in [0.2, 0.25) is 0 Å². The van der Waals surface area contributed by atoms with E-state index in [0.29, 0.717) is 11.8 Å². The van der Waals surface area contributed by atoms with Crippen LogP contribution in [0.3, 0.4) is 0 Å². The summed E-state index contributed by atoms with van der Waals surface area (Å²) < 4.78 is 2.64. The minimum Gasteiger partial charge on any atom is -0.317 e. The number of anilines is 2. The van der Waals surface area contributed by atoms with Gasteiger partial charge < -0.3 is 9.47 Å². The molecule has 260 valence electrons. The van der Waals surface area contributed by atoms with Crippen molar-refractivity contribution in [1.82, 2.24) is 4.57 Å². The van der Waals surface area contributed by atoms with Crippen LogP contribution in [0.5, 0.6) is 0 Å². The molecule has 0 amide bonds. The Kier molecular flexibility index (Phi) is 6.97. The smallest absolute Gasteiger partial charge is 0.0497 e. The number of aromatic nitrogens is 1. The van der Waals surface area contributed by atoms with Gasteiger partial charge in [-0.15, -0.1) is 0 Å². The van der Waals surface area contributed by atoms with Crippen LogP contribution in [-0.4, -0.2) is 4.57 Å². The lowest BCUT2D eigenvalue weighted by atomic mass is 9.81. The van der Waals surface area contributed by atoms with E-state index in [1.54, 1.807) is 0 Å². The number of allylic oxidation sites excluding steroid dienone is 8. The summed E-state index contributed by atoms with van der Waals surface area (Å²) in [6.45, 7) is 4.75. The van der Waals surface area contributed by atoms with Crippen molar-refractivity contribution >= 4 is 23.5 Å². The van der Waals surface area contributed by atoms with E-state index in [0.717, 1.165) is 32.1 Å². The number of rotatable bonds is 4. The molecule has 53 heavy (non-hydrogen) atoms. The summed E-state index contributed by atoms with van der Waals surface area (Å²) in [5, 5.41) is 0. The van der Waals surface area contributed by atoms with Crippen molar-refractivity contribution in [2.24, 2.45) is 0 Å². The summed E-state index contributed by atoms with van der Waals surface area (Å²) in [7, 11) is 0. The van der Waals surface area contributed by atoms with Crippen LogP contribution in [0.15, 0.2) is 138 Å². The maximum Gasteiger partial charge on any atom is 0.0497 e. The first-order chi connectivity index (χ1) is 26.0. The lowest BCUT2D eigenvalue weighted by Crippen LogP contribution is -2.17. The lowest BCUT2D eigenvalue weighted by molar-refractivity contribution is 0.654. The van der Waals surface area contributed by atoms with Gasteiger partial charge in [-0.25, -0.2) is 0 Å². The predicted octanol–water partition coefficient (Wildman–Crippen LogP) is 13.0. The van der Waals surface area contributed by atoms with E-state index in [1.807, 2.05) is 0 Å². The molecule has 5 aliphatic carbocycles. The third-order valence-electron chi connectivity index (χ3n) is 13.4. The largest absolute Gasteiger partial charge is 0.317 e. The van der Waals surface area contributed by atoms with E-state index in [9.17, 15) is 0 Å². The molecule has 0 saturated heterocycles. The summed E-state index contributed by atoms with van der Waals surface area (Å²) in [5.41, 5.74) is 22.8. The third kappa shape index (κ3) is 4.70. The molecule has 0 bridgehead atoms. The van der Waals surface area contributed by atoms with Gasteiger partial charge in [0.2, 0.25) is 0 Å². The fourth-order valence-corrected chi connectivity index (χ4v) is 10.7. The number of hydrogen-bond acceptors (Lipinski definition) is 1. The Morgan fingerprint density at radius 3 is 2.38 bits per heavy atom. The van der Waals surface area contributed by atoms with E-state index in [2.05, 4.69) is 157 Å². The SMILES string of the molecule is CC1(C)c2ccccc2-c2cc(-n3c4c(c5c3CCC(C3=CC=C6C(C3)c3ccccc3N6c3ccc(C6C=CCCC6)cc3)=C5)C=CCC4)ccc21. The van der Waals surface area contributed by atoms with E-state index in [-0.39, 0.29) is 5.41 Å². The van der Waals surface area contributed by atoms with Crippen LogP contribution in [-0.2, 0) is 18.3 Å². The van der Waals surface area contributed by atoms with Crippen molar-refractivity contribution in [3.63, 3.8) is 0 Å². The van der Waals surface area contributed by atoms with Gasteiger partial charge in [-0.05, 0) is 138 Å². The average Bonchev–Trinajstić information content (AvgIpc) is 3.81. The van der Waals surface area contributed by atoms with Crippen molar-refractivity contribution < 1.29 is 0 Å². The first-order valence-corrected chi connectivity index (χ1v) is 20.0. The van der Waals surface area contributed by atoms with Gasteiger partial charge in [-0.2, -0.15) is 0 Å². The minimum atomic E-state index is 0.0240. The van der Waals surface area contributed by atoms with Crippen LogP contribution < -0.4 is 4.90 Å². The molecule has 1 aliphatic heterocycles. The fraction of sp³-hybridized carbons (Fsp3) is 0.255. The molecule has 0 spiro atoms. The van der Waals surface area contributed by atoms with Crippen molar-refractivity contribution in [1.29, 1.82) is 0 Å². The Morgan fingerprint density at radius 2 is 1.49 bits per heavy atom. The fourth-order valence-electron chi connectivity index (χ4n) is 10.7. The maximum absolute atomic E-state index is 2.64. The van der Waals surface area contributed by atoms with Crippen LogP contribution in [0.25, 0.3) is 29.0 Å². The predicted molar refractivity (Wildman–Crippen MR) is 221 cm³/mol. The molecule has 0 N–H and O–H groups in total. The van der Waals surface area contributed by atoms with Gasteiger partial charge in [0.25, 0.3) is 0 Å². The monoisotopic (exact) mass is 686 g/mol. The summed E-state index contributed by atoms with van der Waals surface area (Å²) in [5.74, 6) is 0.919. The molecule has 0 saturated carbocycles. The van der Waals surface area contributed by atoms with Gasteiger partial charge in [0.1, 0.15) is 0 Å².